The fourth-order valence-corrected chi connectivity index (χ4v) is 4.13. The third-order valence-corrected chi connectivity index (χ3v) is 5.40. The Hall–Kier alpha value is -0.550. The maximum Gasteiger partial charge on any atom is 0.134 e. The van der Waals surface area contributed by atoms with Gasteiger partial charge in [0, 0.05) is 51.0 Å². The molecule has 25 heavy (non-hydrogen) atoms. The number of rotatable bonds is 3. The van der Waals surface area contributed by atoms with Crippen LogP contribution in [0.1, 0.15) is 30.0 Å². The molecule has 5 nitrogen and oxygen atoms in total. The Morgan fingerprint density at radius 1 is 1.24 bits per heavy atom. The second kappa shape index (κ2) is 10.6. The number of ether oxygens (including phenoxy) is 1. The number of hydrogen-bond acceptors (Lipinski definition) is 5. The summed E-state index contributed by atoms with van der Waals surface area (Å²) in [5, 5.41) is 23.3. The first-order valence-corrected chi connectivity index (χ1v) is 8.95. The molecule has 2 heterocycles. The molecule has 2 fully saturated rings. The molecule has 0 bridgehead atoms. The van der Waals surface area contributed by atoms with Crippen LogP contribution < -0.4 is 5.32 Å². The molecular formula is C17H24BrCl2N3O2. The molecule has 2 aliphatic heterocycles. The lowest BCUT2D eigenvalue weighted by Crippen LogP contribution is -2.47. The summed E-state index contributed by atoms with van der Waals surface area (Å²) in [7, 11) is 0. The molecule has 0 amide bonds. The Kier molecular flexibility index (Phi) is 9.50. The van der Waals surface area contributed by atoms with E-state index in [1.165, 1.54) is 0 Å². The molecule has 3 rings (SSSR count). The van der Waals surface area contributed by atoms with Gasteiger partial charge in [0.2, 0.25) is 0 Å². The molecule has 8 heteroatoms. The molecule has 2 aliphatic rings. The first kappa shape index (κ1) is 22.5. The highest BCUT2D eigenvalue weighted by Crippen LogP contribution is 2.42. The summed E-state index contributed by atoms with van der Waals surface area (Å²) in [5.74, 6) is 0.701. The van der Waals surface area contributed by atoms with Gasteiger partial charge in [-0.15, -0.1) is 24.8 Å². The van der Waals surface area contributed by atoms with Crippen LogP contribution in [0.25, 0.3) is 0 Å². The Morgan fingerprint density at radius 2 is 1.88 bits per heavy atom. The fraction of sp³-hybridized carbons (Fsp3) is 0.588. The third kappa shape index (κ3) is 5.22. The van der Waals surface area contributed by atoms with Crippen molar-refractivity contribution in [3.63, 3.8) is 0 Å². The number of nitrogens with zero attached hydrogens (tertiary/aromatic N) is 2. The minimum Gasteiger partial charge on any atom is -0.506 e. The third-order valence-electron chi connectivity index (χ3n) is 4.80. The largest absolute Gasteiger partial charge is 0.506 e. The monoisotopic (exact) mass is 451 g/mol. The van der Waals surface area contributed by atoms with Crippen LogP contribution in [0.2, 0.25) is 0 Å². The van der Waals surface area contributed by atoms with Crippen molar-refractivity contribution in [3.05, 3.63) is 27.7 Å². The van der Waals surface area contributed by atoms with Gasteiger partial charge in [0.1, 0.15) is 5.75 Å². The normalized spacial score (nSPS) is 20.0. The van der Waals surface area contributed by atoms with E-state index in [1.54, 1.807) is 6.07 Å². The van der Waals surface area contributed by atoms with Gasteiger partial charge in [0.15, 0.2) is 0 Å². The molecule has 1 atom stereocenters. The first-order chi connectivity index (χ1) is 11.2. The minimum atomic E-state index is 0. The maximum absolute atomic E-state index is 10.6. The summed E-state index contributed by atoms with van der Waals surface area (Å²) in [6.07, 6.45) is 1.98. The number of halogens is 3. The van der Waals surface area contributed by atoms with Crippen molar-refractivity contribution in [1.29, 1.82) is 5.26 Å². The Bertz CT molecular complexity index is 582. The van der Waals surface area contributed by atoms with Gasteiger partial charge >= 0.3 is 0 Å². The Morgan fingerprint density at radius 3 is 2.48 bits per heavy atom. The van der Waals surface area contributed by atoms with Gasteiger partial charge in [-0.25, -0.2) is 0 Å². The van der Waals surface area contributed by atoms with Crippen molar-refractivity contribution < 1.29 is 9.84 Å². The summed E-state index contributed by atoms with van der Waals surface area (Å²) in [6.45, 7) is 5.37. The minimum absolute atomic E-state index is 0. The van der Waals surface area contributed by atoms with Crippen molar-refractivity contribution in [2.75, 3.05) is 39.4 Å². The lowest BCUT2D eigenvalue weighted by Gasteiger charge is -2.41. The fourth-order valence-electron chi connectivity index (χ4n) is 3.65. The van der Waals surface area contributed by atoms with Gasteiger partial charge < -0.3 is 15.2 Å². The van der Waals surface area contributed by atoms with Crippen molar-refractivity contribution >= 4 is 40.7 Å². The van der Waals surface area contributed by atoms with Gasteiger partial charge in [-0.2, -0.15) is 5.26 Å². The number of nitriles is 1. The van der Waals surface area contributed by atoms with E-state index >= 15 is 0 Å². The van der Waals surface area contributed by atoms with Crippen molar-refractivity contribution in [2.24, 2.45) is 5.92 Å². The van der Waals surface area contributed by atoms with Crippen molar-refractivity contribution in [1.82, 2.24) is 10.2 Å². The molecule has 1 aromatic rings. The standard InChI is InChI=1S/C17H22BrN3O2.2ClH/c18-15-10-12(11-19)9-14(17(15)22)16(13-1-7-23-8-2-13)21-5-3-20-4-6-21;;/h9-10,13,16,20,22H,1-8H2;2*1H/t16-;;/m1../s1. The van der Waals surface area contributed by atoms with E-state index in [-0.39, 0.29) is 36.6 Å². The lowest BCUT2D eigenvalue weighted by atomic mass is 9.84. The topological polar surface area (TPSA) is 68.5 Å². The van der Waals surface area contributed by atoms with E-state index in [4.69, 9.17) is 4.74 Å². The van der Waals surface area contributed by atoms with Gasteiger partial charge in [-0.1, -0.05) is 0 Å². The van der Waals surface area contributed by atoms with Crippen LogP contribution in [0.15, 0.2) is 16.6 Å². The summed E-state index contributed by atoms with van der Waals surface area (Å²) in [5.41, 5.74) is 1.45. The highest BCUT2D eigenvalue weighted by molar-refractivity contribution is 9.10. The van der Waals surface area contributed by atoms with E-state index in [0.29, 0.717) is 16.0 Å². The quantitative estimate of drug-likeness (QED) is 0.736. The highest BCUT2D eigenvalue weighted by atomic mass is 79.9. The number of nitrogens with one attached hydrogen (secondary N) is 1. The molecule has 0 aromatic heterocycles. The predicted octanol–water partition coefficient (Wildman–Crippen LogP) is 3.24. The van der Waals surface area contributed by atoms with Crippen molar-refractivity contribution in [3.8, 4) is 11.8 Å². The van der Waals surface area contributed by atoms with Crippen LogP contribution in [0, 0.1) is 17.2 Å². The summed E-state index contributed by atoms with van der Waals surface area (Å²) < 4.78 is 6.11. The average Bonchev–Trinajstić information content (AvgIpc) is 2.60. The van der Waals surface area contributed by atoms with Gasteiger partial charge in [-0.3, -0.25) is 4.90 Å². The van der Waals surface area contributed by atoms with E-state index in [1.807, 2.05) is 6.07 Å². The van der Waals surface area contributed by atoms with E-state index in [0.717, 1.165) is 57.8 Å². The second-order valence-electron chi connectivity index (χ2n) is 6.19. The van der Waals surface area contributed by atoms with Crippen LogP contribution in [0.4, 0.5) is 0 Å². The average molecular weight is 453 g/mol. The number of aromatic hydroxyl groups is 1. The number of phenolic OH excluding ortho intramolecular Hbond substituents is 1. The summed E-state index contributed by atoms with van der Waals surface area (Å²) in [4.78, 5) is 2.44. The van der Waals surface area contributed by atoms with E-state index < -0.39 is 0 Å². The zero-order valence-corrected chi connectivity index (χ0v) is 17.1. The van der Waals surface area contributed by atoms with Gasteiger partial charge in [0.25, 0.3) is 0 Å². The Balaban J connectivity index is 0.00000156. The molecule has 0 unspecified atom stereocenters. The van der Waals surface area contributed by atoms with E-state index in [9.17, 15) is 10.4 Å². The molecule has 2 N–H and O–H groups in total. The van der Waals surface area contributed by atoms with Crippen LogP contribution in [0.5, 0.6) is 5.75 Å². The number of hydrogen-bond donors (Lipinski definition) is 2. The summed E-state index contributed by atoms with van der Waals surface area (Å²) in [6, 6.07) is 5.86. The van der Waals surface area contributed by atoms with Crippen LogP contribution in [0.3, 0.4) is 0 Å². The highest BCUT2D eigenvalue weighted by Gasteiger charge is 2.33. The molecule has 0 radical (unpaired) electrons. The predicted molar refractivity (Wildman–Crippen MR) is 106 cm³/mol. The molecule has 0 saturated carbocycles. The van der Waals surface area contributed by atoms with Gasteiger partial charge in [-0.05, 0) is 46.8 Å². The SMILES string of the molecule is Cl.Cl.N#Cc1cc(Br)c(O)c([C@@H](C2CCOCC2)N2CCNCC2)c1. The van der Waals surface area contributed by atoms with Crippen molar-refractivity contribution in [2.45, 2.75) is 18.9 Å². The molecular weight excluding hydrogens is 429 g/mol. The van der Waals surface area contributed by atoms with Crippen LogP contribution in [-0.2, 0) is 4.74 Å². The summed E-state index contributed by atoms with van der Waals surface area (Å²) >= 11 is 3.40. The lowest BCUT2D eigenvalue weighted by molar-refractivity contribution is 0.0206. The number of phenols is 1. The molecule has 1 aromatic carbocycles. The second-order valence-corrected chi connectivity index (χ2v) is 7.04. The number of benzene rings is 1. The zero-order chi connectivity index (χ0) is 16.2. The maximum atomic E-state index is 10.6. The van der Waals surface area contributed by atoms with Gasteiger partial charge in [0.05, 0.1) is 16.1 Å². The number of piperazine rings is 1. The first-order valence-electron chi connectivity index (χ1n) is 8.15. The molecule has 140 valence electrons. The smallest absolute Gasteiger partial charge is 0.134 e. The van der Waals surface area contributed by atoms with E-state index in [2.05, 4.69) is 32.2 Å². The Labute approximate surface area is 169 Å². The zero-order valence-electron chi connectivity index (χ0n) is 13.9. The molecule has 2 saturated heterocycles. The molecule has 0 aliphatic carbocycles. The van der Waals surface area contributed by atoms with Crippen LogP contribution >= 0.6 is 40.7 Å². The molecule has 0 spiro atoms. The van der Waals surface area contributed by atoms with Crippen LogP contribution in [-0.4, -0.2) is 49.4 Å².